The van der Waals surface area contributed by atoms with Gasteiger partial charge in [0.1, 0.15) is 11.4 Å². The Morgan fingerprint density at radius 2 is 1.68 bits per heavy atom. The number of methoxy groups -OCH3 is 3. The van der Waals surface area contributed by atoms with Crippen molar-refractivity contribution >= 4 is 28.2 Å². The molecule has 31 heavy (non-hydrogen) atoms. The highest BCUT2D eigenvalue weighted by molar-refractivity contribution is 6.01. The van der Waals surface area contributed by atoms with Gasteiger partial charge in [-0.3, -0.25) is 4.79 Å². The topological polar surface area (TPSA) is 72.9 Å². The lowest BCUT2D eigenvalue weighted by molar-refractivity contribution is 0.0719. The Hall–Kier alpha value is -3.48. The average molecular weight is 421 g/mol. The van der Waals surface area contributed by atoms with Crippen LogP contribution in [0.2, 0.25) is 0 Å². The fourth-order valence-corrected chi connectivity index (χ4v) is 3.88. The fourth-order valence-electron chi connectivity index (χ4n) is 3.88. The second-order valence-corrected chi connectivity index (χ2v) is 7.49. The molecule has 7 nitrogen and oxygen atoms in total. The van der Waals surface area contributed by atoms with E-state index in [0.717, 1.165) is 54.9 Å². The van der Waals surface area contributed by atoms with Gasteiger partial charge in [-0.25, -0.2) is 4.98 Å². The molecule has 1 amide bonds. The van der Waals surface area contributed by atoms with E-state index in [0.29, 0.717) is 22.7 Å². The lowest BCUT2D eigenvalue weighted by Gasteiger charge is -2.26. The van der Waals surface area contributed by atoms with Gasteiger partial charge in [0.25, 0.3) is 5.91 Å². The summed E-state index contributed by atoms with van der Waals surface area (Å²) in [5.74, 6) is 1.86. The van der Waals surface area contributed by atoms with Gasteiger partial charge in [-0.05, 0) is 43.5 Å². The van der Waals surface area contributed by atoms with Crippen LogP contribution in [0.4, 0.5) is 11.4 Å². The predicted molar refractivity (Wildman–Crippen MR) is 121 cm³/mol. The third-order valence-corrected chi connectivity index (χ3v) is 5.53. The predicted octanol–water partition coefficient (Wildman–Crippen LogP) is 4.63. The van der Waals surface area contributed by atoms with Crippen LogP contribution in [-0.4, -0.2) is 50.2 Å². The number of anilines is 2. The van der Waals surface area contributed by atoms with E-state index in [1.807, 2.05) is 41.3 Å². The Kier molecular flexibility index (Phi) is 6.11. The summed E-state index contributed by atoms with van der Waals surface area (Å²) < 4.78 is 16.3. The second kappa shape index (κ2) is 9.12. The molecule has 1 N–H and O–H groups in total. The van der Waals surface area contributed by atoms with Crippen molar-refractivity contribution in [2.45, 2.75) is 19.3 Å². The van der Waals surface area contributed by atoms with E-state index < -0.39 is 0 Å². The molecule has 0 saturated carbocycles. The number of benzene rings is 2. The highest BCUT2D eigenvalue weighted by Gasteiger charge is 2.22. The molecular formula is C24H27N3O4. The van der Waals surface area contributed by atoms with Crippen molar-refractivity contribution in [1.82, 2.24) is 9.88 Å². The van der Waals surface area contributed by atoms with E-state index in [1.165, 1.54) is 0 Å². The average Bonchev–Trinajstić information content (AvgIpc) is 2.83. The molecule has 1 aliphatic heterocycles. The van der Waals surface area contributed by atoms with Crippen molar-refractivity contribution in [3.8, 4) is 17.2 Å². The molecule has 0 spiro atoms. The van der Waals surface area contributed by atoms with Gasteiger partial charge in [-0.2, -0.15) is 0 Å². The minimum Gasteiger partial charge on any atom is -0.497 e. The zero-order chi connectivity index (χ0) is 21.8. The van der Waals surface area contributed by atoms with E-state index >= 15 is 0 Å². The van der Waals surface area contributed by atoms with Gasteiger partial charge >= 0.3 is 0 Å². The maximum absolute atomic E-state index is 13.2. The summed E-state index contributed by atoms with van der Waals surface area (Å²) in [4.78, 5) is 19.7. The van der Waals surface area contributed by atoms with Crippen LogP contribution < -0.4 is 19.5 Å². The number of nitrogens with one attached hydrogen (secondary N) is 1. The van der Waals surface area contributed by atoms with E-state index in [9.17, 15) is 4.79 Å². The van der Waals surface area contributed by atoms with E-state index in [2.05, 4.69) is 10.3 Å². The van der Waals surface area contributed by atoms with E-state index in [1.54, 1.807) is 27.4 Å². The van der Waals surface area contributed by atoms with Crippen molar-refractivity contribution in [2.24, 2.45) is 0 Å². The Morgan fingerprint density at radius 3 is 2.39 bits per heavy atom. The number of carbonyl (C=O) groups is 1. The molecule has 3 aromatic rings. The van der Waals surface area contributed by atoms with E-state index in [4.69, 9.17) is 14.2 Å². The molecule has 1 aliphatic rings. The van der Waals surface area contributed by atoms with Crippen LogP contribution in [0.25, 0.3) is 10.9 Å². The molecule has 0 aliphatic carbocycles. The number of fused-ring (bicyclic) bond motifs is 1. The molecule has 4 rings (SSSR count). The summed E-state index contributed by atoms with van der Waals surface area (Å²) in [6.07, 6.45) is 3.22. The molecule has 1 fully saturated rings. The molecular weight excluding hydrogens is 394 g/mol. The standard InChI is InChI=1S/C24H27N3O4/c1-29-17-9-7-8-16(12-17)25-19-14-21(24(28)27-10-5-4-6-11-27)26-20-15-23(31-3)22(30-2)13-18(19)20/h7-9,12-15H,4-6,10-11H2,1-3H3,(H,25,26). The largest absolute Gasteiger partial charge is 0.497 e. The number of pyridine rings is 1. The summed E-state index contributed by atoms with van der Waals surface area (Å²) in [6.45, 7) is 1.53. The Balaban J connectivity index is 1.82. The maximum atomic E-state index is 13.2. The Labute approximate surface area is 181 Å². The lowest BCUT2D eigenvalue weighted by Crippen LogP contribution is -2.36. The van der Waals surface area contributed by atoms with Crippen molar-refractivity contribution in [3.05, 3.63) is 48.2 Å². The number of piperidine rings is 1. The SMILES string of the molecule is COc1cccc(Nc2cc(C(=O)N3CCCCC3)nc3cc(OC)c(OC)cc23)c1. The van der Waals surface area contributed by atoms with Crippen molar-refractivity contribution < 1.29 is 19.0 Å². The molecule has 162 valence electrons. The number of rotatable bonds is 6. The molecule has 7 heteroatoms. The lowest BCUT2D eigenvalue weighted by atomic mass is 10.1. The minimum atomic E-state index is -0.0509. The highest BCUT2D eigenvalue weighted by Crippen LogP contribution is 2.36. The number of amides is 1. The molecule has 2 aromatic carbocycles. The van der Waals surface area contributed by atoms with Crippen molar-refractivity contribution in [3.63, 3.8) is 0 Å². The van der Waals surface area contributed by atoms with Crippen molar-refractivity contribution in [2.75, 3.05) is 39.7 Å². The van der Waals surface area contributed by atoms with Gasteiger partial charge in [0.05, 0.1) is 32.5 Å². The molecule has 0 unspecified atom stereocenters. The van der Waals surface area contributed by atoms with Crippen LogP contribution >= 0.6 is 0 Å². The number of nitrogens with zero attached hydrogens (tertiary/aromatic N) is 2. The van der Waals surface area contributed by atoms with Crippen LogP contribution in [0, 0.1) is 0 Å². The molecule has 0 atom stereocenters. The summed E-state index contributed by atoms with van der Waals surface area (Å²) in [5.41, 5.74) is 2.68. The number of ether oxygens (including phenoxy) is 3. The Bertz CT molecular complexity index is 1090. The number of hydrogen-bond donors (Lipinski definition) is 1. The first-order valence-corrected chi connectivity index (χ1v) is 10.4. The van der Waals surface area contributed by atoms with Crippen LogP contribution in [0.3, 0.4) is 0 Å². The highest BCUT2D eigenvalue weighted by atomic mass is 16.5. The first-order chi connectivity index (χ1) is 15.1. The number of hydrogen-bond acceptors (Lipinski definition) is 6. The van der Waals surface area contributed by atoms with E-state index in [-0.39, 0.29) is 5.91 Å². The van der Waals surface area contributed by atoms with Crippen LogP contribution in [0.5, 0.6) is 17.2 Å². The maximum Gasteiger partial charge on any atom is 0.272 e. The monoisotopic (exact) mass is 421 g/mol. The molecule has 1 saturated heterocycles. The van der Waals surface area contributed by atoms with Gasteiger partial charge in [-0.15, -0.1) is 0 Å². The van der Waals surface area contributed by atoms with Gasteiger partial charge in [-0.1, -0.05) is 6.07 Å². The van der Waals surface area contributed by atoms with Gasteiger partial charge in [0.2, 0.25) is 0 Å². The normalized spacial score (nSPS) is 13.7. The minimum absolute atomic E-state index is 0.0509. The quantitative estimate of drug-likeness (QED) is 0.626. The number of aromatic nitrogens is 1. The zero-order valence-electron chi connectivity index (χ0n) is 18.1. The third kappa shape index (κ3) is 4.35. The summed E-state index contributed by atoms with van der Waals surface area (Å²) >= 11 is 0. The molecule has 2 heterocycles. The van der Waals surface area contributed by atoms with Crippen LogP contribution in [0.1, 0.15) is 29.8 Å². The smallest absolute Gasteiger partial charge is 0.272 e. The summed E-state index contributed by atoms with van der Waals surface area (Å²) in [6, 6.07) is 13.1. The fraction of sp³-hybridized carbons (Fsp3) is 0.333. The van der Waals surface area contributed by atoms with Gasteiger partial charge in [0, 0.05) is 36.3 Å². The van der Waals surface area contributed by atoms with Gasteiger partial charge in [0.15, 0.2) is 11.5 Å². The number of likely N-dealkylation sites (tertiary alicyclic amines) is 1. The molecule has 1 aromatic heterocycles. The number of carbonyl (C=O) groups excluding carboxylic acids is 1. The van der Waals surface area contributed by atoms with Gasteiger partial charge < -0.3 is 24.4 Å². The first-order valence-electron chi connectivity index (χ1n) is 10.4. The Morgan fingerprint density at radius 1 is 0.935 bits per heavy atom. The summed E-state index contributed by atoms with van der Waals surface area (Å²) in [7, 11) is 4.82. The second-order valence-electron chi connectivity index (χ2n) is 7.49. The summed E-state index contributed by atoms with van der Waals surface area (Å²) in [5, 5.41) is 4.25. The van der Waals surface area contributed by atoms with Crippen LogP contribution in [0.15, 0.2) is 42.5 Å². The first kappa shape index (κ1) is 20.8. The molecule has 0 radical (unpaired) electrons. The molecule has 0 bridgehead atoms. The van der Waals surface area contributed by atoms with Crippen LogP contribution in [-0.2, 0) is 0 Å². The zero-order valence-corrected chi connectivity index (χ0v) is 18.1. The third-order valence-electron chi connectivity index (χ3n) is 5.53. The van der Waals surface area contributed by atoms with Crippen molar-refractivity contribution in [1.29, 1.82) is 0 Å².